The molecule has 0 bridgehead atoms. The SMILES string of the molecule is CC(=O)OC[C@H]1O[C@H](OCCNC(=S)NCCOCCOCCOCCOCCOCCOCCN=[N+]=[N-])[C@@H](OC(C)=O)[C@@H](OC(C)=O)[C@@H]1OC(C)=O. The maximum atomic E-state index is 11.9. The van der Waals surface area contributed by atoms with Crippen LogP contribution in [-0.4, -0.2) is 172 Å². The highest BCUT2D eigenvalue weighted by molar-refractivity contribution is 7.80. The van der Waals surface area contributed by atoms with Crippen molar-refractivity contribution in [2.24, 2.45) is 5.11 Å². The molecule has 1 aliphatic heterocycles. The first-order valence-corrected chi connectivity index (χ1v) is 17.4. The molecule has 1 rings (SSSR count). The molecule has 0 saturated carbocycles. The Kier molecular flexibility index (Phi) is 27.8. The van der Waals surface area contributed by atoms with Crippen LogP contribution in [0, 0.1) is 0 Å². The van der Waals surface area contributed by atoms with E-state index in [4.69, 9.17) is 74.6 Å². The van der Waals surface area contributed by atoms with Crippen molar-refractivity contribution in [1.82, 2.24) is 10.6 Å². The number of hydrogen-bond donors (Lipinski definition) is 2. The number of rotatable bonds is 30. The molecule has 0 aromatic carbocycles. The second-order valence-electron chi connectivity index (χ2n) is 10.7. The summed E-state index contributed by atoms with van der Waals surface area (Å²) >= 11 is 5.28. The second-order valence-corrected chi connectivity index (χ2v) is 11.2. The lowest BCUT2D eigenvalue weighted by Gasteiger charge is -2.44. The summed E-state index contributed by atoms with van der Waals surface area (Å²) < 4.78 is 65.3. The molecule has 53 heavy (non-hydrogen) atoms. The summed E-state index contributed by atoms with van der Waals surface area (Å²) in [6, 6.07) is 0. The zero-order chi connectivity index (χ0) is 39.1. The van der Waals surface area contributed by atoms with E-state index in [2.05, 4.69) is 20.7 Å². The Morgan fingerprint density at radius 2 is 1.06 bits per heavy atom. The monoisotopic (exact) mass is 783 g/mol. The standard InChI is InChI=1S/C31H53N5O16S/c1-22(37)48-21-26-27(49-23(2)38)28(50-24(3)39)29(51-25(4)40)30(52-26)47-10-6-34-31(53)33-5-8-41-11-13-43-15-17-45-19-20-46-18-16-44-14-12-42-9-7-35-36-32/h26-30H,5-21H2,1-4H3,(H2,33,34,53)/t26-,27-,28+,29+,30+/m1/s1. The highest BCUT2D eigenvalue weighted by atomic mass is 32.1. The van der Waals surface area contributed by atoms with Crippen molar-refractivity contribution in [2.45, 2.75) is 58.4 Å². The van der Waals surface area contributed by atoms with Crippen molar-refractivity contribution in [3.8, 4) is 0 Å². The lowest BCUT2D eigenvalue weighted by molar-refractivity contribution is -0.307. The van der Waals surface area contributed by atoms with E-state index < -0.39 is 54.6 Å². The molecule has 1 heterocycles. The van der Waals surface area contributed by atoms with Gasteiger partial charge in [0.15, 0.2) is 29.7 Å². The van der Waals surface area contributed by atoms with E-state index in [1.54, 1.807) is 0 Å². The van der Waals surface area contributed by atoms with Gasteiger partial charge in [-0.05, 0) is 17.7 Å². The van der Waals surface area contributed by atoms with Crippen molar-refractivity contribution in [3.63, 3.8) is 0 Å². The Bertz CT molecular complexity index is 1120. The fourth-order valence-electron chi connectivity index (χ4n) is 4.31. The number of esters is 4. The average Bonchev–Trinajstić information content (AvgIpc) is 3.09. The Morgan fingerprint density at radius 3 is 1.53 bits per heavy atom. The van der Waals surface area contributed by atoms with Gasteiger partial charge in [0, 0.05) is 52.2 Å². The Balaban J connectivity index is 2.20. The maximum Gasteiger partial charge on any atom is 0.303 e. The molecule has 22 heteroatoms. The Labute approximate surface area is 313 Å². The van der Waals surface area contributed by atoms with Crippen LogP contribution in [0.1, 0.15) is 27.7 Å². The van der Waals surface area contributed by atoms with Gasteiger partial charge in [-0.1, -0.05) is 5.11 Å². The van der Waals surface area contributed by atoms with Crippen LogP contribution in [-0.2, 0) is 76.0 Å². The number of azide groups is 1. The first-order chi connectivity index (χ1) is 25.5. The number of hydrogen-bond acceptors (Lipinski definition) is 18. The van der Waals surface area contributed by atoms with Crippen molar-refractivity contribution in [1.29, 1.82) is 0 Å². The molecule has 1 saturated heterocycles. The third-order valence-corrected chi connectivity index (χ3v) is 6.70. The minimum Gasteiger partial charge on any atom is -0.463 e. The highest BCUT2D eigenvalue weighted by Gasteiger charge is 2.52. The zero-order valence-electron chi connectivity index (χ0n) is 30.7. The van der Waals surface area contributed by atoms with Gasteiger partial charge < -0.3 is 67.5 Å². The zero-order valence-corrected chi connectivity index (χ0v) is 31.5. The maximum absolute atomic E-state index is 11.9. The summed E-state index contributed by atoms with van der Waals surface area (Å²) in [5, 5.41) is 9.63. The number of carbonyl (C=O) groups is 4. The van der Waals surface area contributed by atoms with Gasteiger partial charge in [-0.15, -0.1) is 0 Å². The number of nitrogens with one attached hydrogen (secondary N) is 2. The van der Waals surface area contributed by atoms with Crippen LogP contribution < -0.4 is 10.6 Å². The molecule has 0 unspecified atom stereocenters. The van der Waals surface area contributed by atoms with Crippen LogP contribution in [0.3, 0.4) is 0 Å². The predicted octanol–water partition coefficient (Wildman–Crippen LogP) is -0.0399. The van der Waals surface area contributed by atoms with Crippen LogP contribution >= 0.6 is 12.2 Å². The van der Waals surface area contributed by atoms with Crippen LogP contribution in [0.5, 0.6) is 0 Å². The number of ether oxygens (including phenoxy) is 12. The molecule has 1 aliphatic rings. The molecular formula is C31H53N5O16S. The normalized spacial score (nSPS) is 19.4. The van der Waals surface area contributed by atoms with E-state index in [-0.39, 0.29) is 19.8 Å². The molecule has 0 aliphatic carbocycles. The molecule has 304 valence electrons. The van der Waals surface area contributed by atoms with Crippen LogP contribution in [0.25, 0.3) is 10.4 Å². The molecule has 0 aromatic heterocycles. The molecule has 0 spiro atoms. The first kappa shape index (κ1) is 47.6. The lowest BCUT2D eigenvalue weighted by atomic mass is 9.98. The second kappa shape index (κ2) is 31.0. The van der Waals surface area contributed by atoms with E-state index in [0.29, 0.717) is 97.5 Å². The fourth-order valence-corrected chi connectivity index (χ4v) is 4.52. The molecule has 21 nitrogen and oxygen atoms in total. The molecule has 5 atom stereocenters. The summed E-state index contributed by atoms with van der Waals surface area (Å²) in [7, 11) is 0. The van der Waals surface area contributed by atoms with E-state index in [1.807, 2.05) is 0 Å². The quantitative estimate of drug-likeness (QED) is 0.0184. The minimum atomic E-state index is -1.32. The molecule has 1 fully saturated rings. The predicted molar refractivity (Wildman–Crippen MR) is 185 cm³/mol. The summed E-state index contributed by atoms with van der Waals surface area (Å²) in [6.45, 7) is 10.1. The van der Waals surface area contributed by atoms with Gasteiger partial charge in [0.25, 0.3) is 0 Å². The van der Waals surface area contributed by atoms with Gasteiger partial charge in [-0.3, -0.25) is 19.2 Å². The Hall–Kier alpha value is -3.44. The number of thiocarbonyl (C=S) groups is 1. The van der Waals surface area contributed by atoms with E-state index in [1.165, 1.54) is 6.92 Å². The van der Waals surface area contributed by atoms with Crippen molar-refractivity contribution < 1.29 is 76.0 Å². The molecular weight excluding hydrogens is 730 g/mol. The van der Waals surface area contributed by atoms with Crippen molar-refractivity contribution in [3.05, 3.63) is 10.4 Å². The van der Waals surface area contributed by atoms with Crippen molar-refractivity contribution >= 4 is 41.2 Å². The van der Waals surface area contributed by atoms with Gasteiger partial charge in [0.1, 0.15) is 12.7 Å². The van der Waals surface area contributed by atoms with Gasteiger partial charge >= 0.3 is 23.9 Å². The van der Waals surface area contributed by atoms with Crippen molar-refractivity contribution in [2.75, 3.05) is 112 Å². The number of carbonyl (C=O) groups excluding carboxylic acids is 4. The van der Waals surface area contributed by atoms with Gasteiger partial charge in [-0.25, -0.2) is 0 Å². The van der Waals surface area contributed by atoms with E-state index in [0.717, 1.165) is 20.8 Å². The van der Waals surface area contributed by atoms with Crippen LogP contribution in [0.15, 0.2) is 5.11 Å². The summed E-state index contributed by atoms with van der Waals surface area (Å²) in [5.41, 5.74) is 8.16. The van der Waals surface area contributed by atoms with Gasteiger partial charge in [-0.2, -0.15) is 0 Å². The summed E-state index contributed by atoms with van der Waals surface area (Å²) in [6.07, 6.45) is -6.30. The Morgan fingerprint density at radius 1 is 0.623 bits per heavy atom. The summed E-state index contributed by atoms with van der Waals surface area (Å²) in [4.78, 5) is 49.8. The lowest BCUT2D eigenvalue weighted by Crippen LogP contribution is -2.63. The van der Waals surface area contributed by atoms with E-state index in [9.17, 15) is 19.2 Å². The number of nitrogens with zero attached hydrogens (tertiary/aromatic N) is 3. The van der Waals surface area contributed by atoms with Crippen LogP contribution in [0.4, 0.5) is 0 Å². The highest BCUT2D eigenvalue weighted by Crippen LogP contribution is 2.29. The van der Waals surface area contributed by atoms with Gasteiger partial charge in [0.05, 0.1) is 85.9 Å². The van der Waals surface area contributed by atoms with Crippen LogP contribution in [0.2, 0.25) is 0 Å². The summed E-state index contributed by atoms with van der Waals surface area (Å²) in [5.74, 6) is -2.82. The molecule has 2 N–H and O–H groups in total. The van der Waals surface area contributed by atoms with Gasteiger partial charge in [0.2, 0.25) is 0 Å². The smallest absolute Gasteiger partial charge is 0.303 e. The minimum absolute atomic E-state index is 0.00477. The first-order valence-electron chi connectivity index (χ1n) is 17.0. The molecule has 0 aromatic rings. The average molecular weight is 784 g/mol. The largest absolute Gasteiger partial charge is 0.463 e. The molecule has 0 radical (unpaired) electrons. The third kappa shape index (κ3) is 25.3. The van der Waals surface area contributed by atoms with E-state index >= 15 is 0 Å². The topological polar surface area (TPSA) is 252 Å². The molecule has 0 amide bonds. The fraction of sp³-hybridized carbons (Fsp3) is 0.839. The third-order valence-electron chi connectivity index (χ3n) is 6.41.